The zero-order valence-electron chi connectivity index (χ0n) is 59.5. The molecule has 0 aromatic rings. The number of aliphatic hydroxyl groups excluding tert-OH is 1. The number of hydrogen-bond donors (Lipinski definition) is 2. The molecular formula is C68H120N8O13. The number of nitrogens with zero attached hydrogens (tertiary/aromatic N) is 7. The fraction of sp³-hybridized carbons (Fsp3) is 0.809. The Balaban J connectivity index is 4.49. The van der Waals surface area contributed by atoms with Gasteiger partial charge in [-0.3, -0.25) is 52.7 Å². The van der Waals surface area contributed by atoms with Crippen LogP contribution < -0.4 is 5.32 Å². The summed E-state index contributed by atoms with van der Waals surface area (Å²) in [5.41, 5.74) is 0. The van der Waals surface area contributed by atoms with Crippen LogP contribution in [0.2, 0.25) is 0 Å². The number of likely N-dealkylation sites (N-methyl/N-ethyl adjacent to an activating group) is 7. The third-order valence-corrected chi connectivity index (χ3v) is 18.1. The Kier molecular flexibility index (Phi) is 33.9. The molecule has 89 heavy (non-hydrogen) atoms. The van der Waals surface area contributed by atoms with E-state index in [0.29, 0.717) is 6.42 Å². The molecule has 1 heterocycles. The molecule has 510 valence electrons. The molecule has 8 amide bonds. The van der Waals surface area contributed by atoms with Gasteiger partial charge in [0.1, 0.15) is 42.0 Å². The SMILES string of the molecule is C/C=C/C[C@@H](C)[C@@H](O)[C@H]1C(=O)N[C@@H](CC)C(=O)N(C)[C@H](C(C)C)C(=O)N(C)[C@@H]([C@H](C)COC)C(=O)C[C@@H](C(C)C)C(=O)N(C)[C@@H](CC(C)C)C(=O)C[C@@H](C)C(=O)C[C@H](C)C(=O)N(C)[C@@H](CC(C)C)C(=O)N(C)[C@@H](CC(C)C)C(=O)N(C)[C@@H](C(C)C)C(=O)N1C. The molecular weight excluding hydrogens is 1140 g/mol. The minimum atomic E-state index is -1.62. The first-order valence-electron chi connectivity index (χ1n) is 32.6. The molecule has 0 radical (unpaired) electrons. The van der Waals surface area contributed by atoms with E-state index in [1.807, 2.05) is 54.5 Å². The van der Waals surface area contributed by atoms with Gasteiger partial charge in [-0.2, -0.15) is 0 Å². The highest BCUT2D eigenvalue weighted by atomic mass is 16.5. The molecule has 0 saturated carbocycles. The van der Waals surface area contributed by atoms with Crippen molar-refractivity contribution < 1.29 is 62.6 Å². The highest BCUT2D eigenvalue weighted by Gasteiger charge is 2.47. The molecule has 21 nitrogen and oxygen atoms in total. The maximum absolute atomic E-state index is 15.3. The van der Waals surface area contributed by atoms with Crippen molar-refractivity contribution in [3.05, 3.63) is 12.2 Å². The third kappa shape index (κ3) is 22.1. The molecule has 1 aliphatic rings. The smallest absolute Gasteiger partial charge is 0.246 e. The van der Waals surface area contributed by atoms with Gasteiger partial charge in [0.25, 0.3) is 0 Å². The molecule has 2 N–H and O–H groups in total. The maximum Gasteiger partial charge on any atom is 0.246 e. The number of carbonyl (C=O) groups excluding carboxylic acids is 11. The lowest BCUT2D eigenvalue weighted by Crippen LogP contribution is -2.64. The fourth-order valence-electron chi connectivity index (χ4n) is 12.6. The molecule has 0 aromatic heterocycles. The highest BCUT2D eigenvalue weighted by molar-refractivity contribution is 6.00. The molecule has 1 fully saturated rings. The van der Waals surface area contributed by atoms with Crippen molar-refractivity contribution in [1.29, 1.82) is 0 Å². The number of nitrogens with one attached hydrogen (secondary N) is 1. The average Bonchev–Trinajstić information content (AvgIpc) is 3.10. The predicted octanol–water partition coefficient (Wildman–Crippen LogP) is 6.80. The van der Waals surface area contributed by atoms with Gasteiger partial charge in [-0.15, -0.1) is 0 Å². The van der Waals surface area contributed by atoms with Crippen molar-refractivity contribution in [3.8, 4) is 0 Å². The summed E-state index contributed by atoms with van der Waals surface area (Å²) in [6.07, 6.45) is 2.22. The van der Waals surface area contributed by atoms with Gasteiger partial charge in [-0.1, -0.05) is 130 Å². The Hall–Kier alpha value is -5.57. The number of ketones is 3. The van der Waals surface area contributed by atoms with Gasteiger partial charge in [0.2, 0.25) is 47.3 Å². The summed E-state index contributed by atoms with van der Waals surface area (Å²) < 4.78 is 5.54. The summed E-state index contributed by atoms with van der Waals surface area (Å²) in [5, 5.41) is 15.0. The molecule has 0 aromatic carbocycles. The number of carbonyl (C=O) groups is 11. The van der Waals surface area contributed by atoms with Gasteiger partial charge in [0, 0.05) is 99.4 Å². The molecule has 0 bridgehead atoms. The summed E-state index contributed by atoms with van der Waals surface area (Å²) in [7, 11) is 11.7. The van der Waals surface area contributed by atoms with Crippen molar-refractivity contribution in [3.63, 3.8) is 0 Å². The van der Waals surface area contributed by atoms with E-state index in [2.05, 4.69) is 5.32 Å². The standard InChI is InChI=1S/C68H120N8O13/c1-27-29-30-44(15)60(80)59-61(81)69-49(28-2)64(84)73(22)56(42(11)12)67(87)75(24)58(47(18)37-89-26)55(79)36-48(41(9)10)63(83)70(19)50(31-38(3)4)54(78)34-45(16)53(77)35-46(17)62(82)71(20)51(32-39(5)6)65(85)72(21)52(33-40(7)8)66(86)74(23)57(43(13)14)68(88)76(59)25/h27,29,38-52,56-60,80H,28,30-37H2,1-26H3,(H,69,81)/b29-27+/t44-,45-,46+,47-,48+,49+,50+,51+,52+,56-,57+,58+,59+,60-/m1/s1. The van der Waals surface area contributed by atoms with Crippen LogP contribution in [0.25, 0.3) is 0 Å². The van der Waals surface area contributed by atoms with E-state index in [9.17, 15) is 33.9 Å². The monoisotopic (exact) mass is 1260 g/mol. The van der Waals surface area contributed by atoms with Crippen LogP contribution in [0.15, 0.2) is 12.2 Å². The zero-order valence-corrected chi connectivity index (χ0v) is 59.5. The van der Waals surface area contributed by atoms with Crippen LogP contribution >= 0.6 is 0 Å². The Morgan fingerprint density at radius 3 is 1.31 bits per heavy atom. The normalized spacial score (nSPS) is 27.7. The second kappa shape index (κ2) is 37.1. The Morgan fingerprint density at radius 2 is 0.888 bits per heavy atom. The van der Waals surface area contributed by atoms with Gasteiger partial charge >= 0.3 is 0 Å². The van der Waals surface area contributed by atoms with Crippen molar-refractivity contribution in [2.24, 2.45) is 65.1 Å². The molecule has 1 saturated heterocycles. The summed E-state index contributed by atoms with van der Waals surface area (Å²) in [4.78, 5) is 173. The number of aliphatic hydroxyl groups is 1. The van der Waals surface area contributed by atoms with Crippen molar-refractivity contribution >= 4 is 64.6 Å². The summed E-state index contributed by atoms with van der Waals surface area (Å²) in [5.74, 6) is -12.0. The molecule has 1 aliphatic heterocycles. The number of hydrogen-bond acceptors (Lipinski definition) is 13. The van der Waals surface area contributed by atoms with Gasteiger partial charge < -0.3 is 49.5 Å². The van der Waals surface area contributed by atoms with Gasteiger partial charge in [0.05, 0.1) is 24.8 Å². The topological polar surface area (TPSA) is 252 Å². The highest BCUT2D eigenvalue weighted by Crippen LogP contribution is 2.30. The maximum atomic E-state index is 15.3. The summed E-state index contributed by atoms with van der Waals surface area (Å²) >= 11 is 0. The number of methoxy groups -OCH3 is 1. The van der Waals surface area contributed by atoms with Crippen LogP contribution in [0.3, 0.4) is 0 Å². The summed E-state index contributed by atoms with van der Waals surface area (Å²) in [6.45, 7) is 32.2. The molecule has 21 heteroatoms. The number of Topliss-reactive ketones (excluding diaryl/α,β-unsaturated/α-hetero) is 3. The van der Waals surface area contributed by atoms with Crippen molar-refractivity contribution in [2.75, 3.05) is 63.1 Å². The van der Waals surface area contributed by atoms with Crippen LogP contribution in [-0.2, 0) is 57.5 Å². The molecule has 14 atom stereocenters. The predicted molar refractivity (Wildman–Crippen MR) is 347 cm³/mol. The average molecular weight is 1260 g/mol. The number of allylic oxidation sites excluding steroid dienone is 2. The van der Waals surface area contributed by atoms with Crippen LogP contribution in [0, 0.1) is 65.1 Å². The first-order valence-corrected chi connectivity index (χ1v) is 32.6. The lowest BCUT2D eigenvalue weighted by molar-refractivity contribution is -0.158. The van der Waals surface area contributed by atoms with Crippen molar-refractivity contribution in [1.82, 2.24) is 39.6 Å². The third-order valence-electron chi connectivity index (χ3n) is 18.1. The lowest BCUT2D eigenvalue weighted by atomic mass is 9.83. The van der Waals surface area contributed by atoms with E-state index >= 15 is 24.0 Å². The van der Waals surface area contributed by atoms with Crippen LogP contribution in [0.4, 0.5) is 0 Å². The first kappa shape index (κ1) is 81.4. The largest absolute Gasteiger partial charge is 0.390 e. The summed E-state index contributed by atoms with van der Waals surface area (Å²) in [6, 6.07) is -9.73. The van der Waals surface area contributed by atoms with E-state index in [1.165, 1.54) is 85.8 Å². The Morgan fingerprint density at radius 1 is 0.483 bits per heavy atom. The fourth-order valence-corrected chi connectivity index (χ4v) is 12.6. The van der Waals surface area contributed by atoms with Crippen LogP contribution in [0.5, 0.6) is 0 Å². The molecule has 0 spiro atoms. The molecule has 0 aliphatic carbocycles. The van der Waals surface area contributed by atoms with Crippen molar-refractivity contribution in [2.45, 2.75) is 230 Å². The number of amides is 8. The Labute approximate surface area is 535 Å². The van der Waals surface area contributed by atoms with E-state index in [-0.39, 0.29) is 80.9 Å². The van der Waals surface area contributed by atoms with E-state index in [4.69, 9.17) is 4.74 Å². The Bertz CT molecular complexity index is 2430. The second-order valence-corrected chi connectivity index (χ2v) is 28.2. The van der Waals surface area contributed by atoms with Crippen LogP contribution in [0.1, 0.15) is 176 Å². The van der Waals surface area contributed by atoms with Gasteiger partial charge in [-0.05, 0) is 80.5 Å². The van der Waals surface area contributed by atoms with E-state index in [1.54, 1.807) is 82.2 Å². The number of rotatable bonds is 17. The number of ether oxygens (including phenoxy) is 1. The quantitative estimate of drug-likeness (QED) is 0.142. The van der Waals surface area contributed by atoms with E-state index in [0.717, 1.165) is 4.90 Å². The first-order chi connectivity index (χ1) is 41.1. The lowest BCUT2D eigenvalue weighted by Gasteiger charge is -2.42. The van der Waals surface area contributed by atoms with Crippen LogP contribution in [-0.4, -0.2) is 222 Å². The van der Waals surface area contributed by atoms with E-state index < -0.39 is 155 Å². The van der Waals surface area contributed by atoms with Gasteiger partial charge in [0.15, 0.2) is 11.6 Å². The molecule has 0 unspecified atom stereocenters. The minimum absolute atomic E-state index is 0.0144. The van der Waals surface area contributed by atoms with Gasteiger partial charge in [-0.25, -0.2) is 0 Å². The molecule has 1 rings (SSSR count). The second-order valence-electron chi connectivity index (χ2n) is 28.2. The minimum Gasteiger partial charge on any atom is -0.390 e. The zero-order chi connectivity index (χ0) is 69.1.